The van der Waals surface area contributed by atoms with E-state index in [2.05, 4.69) is 5.32 Å². The Hall–Kier alpha value is -1.99. The van der Waals surface area contributed by atoms with Crippen LogP contribution < -0.4 is 5.32 Å². The molecule has 0 atom stereocenters. The molecule has 0 aliphatic carbocycles. The van der Waals surface area contributed by atoms with Gasteiger partial charge in [-0.15, -0.1) is 5.06 Å². The number of rotatable bonds is 2. The third-order valence-corrected chi connectivity index (χ3v) is 2.59. The lowest BCUT2D eigenvalue weighted by atomic mass is 10.2. The van der Waals surface area contributed by atoms with Crippen molar-refractivity contribution in [1.82, 2.24) is 10.4 Å². The van der Waals surface area contributed by atoms with Gasteiger partial charge in [0.2, 0.25) is 0 Å². The summed E-state index contributed by atoms with van der Waals surface area (Å²) in [5.41, 5.74) is -0.0265. The van der Waals surface area contributed by atoms with E-state index in [0.717, 1.165) is 25.2 Å². The molecule has 1 aromatic carbocycles. The van der Waals surface area contributed by atoms with Crippen molar-refractivity contribution in [1.29, 1.82) is 0 Å². The van der Waals surface area contributed by atoms with E-state index < -0.39 is 23.2 Å². The minimum absolute atomic E-state index is 0.0265. The SMILES string of the molecule is O=C(ON1CCNCC1)c1cc(O)c(O)c(O)c1. The molecule has 7 heteroatoms. The summed E-state index contributed by atoms with van der Waals surface area (Å²) in [6, 6.07) is 2.08. The number of piperazine rings is 1. The highest BCUT2D eigenvalue weighted by molar-refractivity contribution is 5.90. The molecular weight excluding hydrogens is 240 g/mol. The molecule has 1 fully saturated rings. The van der Waals surface area contributed by atoms with Crippen LogP contribution in [0, 0.1) is 0 Å². The number of aromatic hydroxyl groups is 3. The third kappa shape index (κ3) is 2.63. The number of nitrogens with zero attached hydrogens (tertiary/aromatic N) is 1. The predicted molar refractivity (Wildman–Crippen MR) is 61.3 cm³/mol. The molecule has 4 N–H and O–H groups in total. The van der Waals surface area contributed by atoms with E-state index in [0.29, 0.717) is 13.1 Å². The molecule has 1 heterocycles. The van der Waals surface area contributed by atoms with Crippen molar-refractivity contribution in [3.8, 4) is 17.2 Å². The largest absolute Gasteiger partial charge is 0.504 e. The van der Waals surface area contributed by atoms with E-state index in [1.165, 1.54) is 5.06 Å². The lowest BCUT2D eigenvalue weighted by Gasteiger charge is -2.25. The van der Waals surface area contributed by atoms with Crippen molar-refractivity contribution in [2.24, 2.45) is 0 Å². The fourth-order valence-corrected chi connectivity index (χ4v) is 1.63. The summed E-state index contributed by atoms with van der Waals surface area (Å²) in [6.07, 6.45) is 0. The predicted octanol–water partition coefficient (Wildman–Crippen LogP) is -0.220. The normalized spacial score (nSPS) is 16.4. The maximum Gasteiger partial charge on any atom is 0.357 e. The Morgan fingerprint density at radius 3 is 2.28 bits per heavy atom. The molecule has 0 aromatic heterocycles. The zero-order chi connectivity index (χ0) is 13.1. The summed E-state index contributed by atoms with van der Waals surface area (Å²) in [5, 5.41) is 32.4. The average Bonchev–Trinajstić information content (AvgIpc) is 2.36. The number of hydrogen-bond donors (Lipinski definition) is 4. The van der Waals surface area contributed by atoms with Gasteiger partial charge in [0.15, 0.2) is 17.2 Å². The summed E-state index contributed by atoms with van der Waals surface area (Å²) in [6.45, 7) is 2.59. The summed E-state index contributed by atoms with van der Waals surface area (Å²) in [5.74, 6) is -2.49. The molecule has 0 spiro atoms. The summed E-state index contributed by atoms with van der Waals surface area (Å²) in [7, 11) is 0. The first kappa shape index (κ1) is 12.5. The van der Waals surface area contributed by atoms with Gasteiger partial charge in [-0.2, -0.15) is 0 Å². The van der Waals surface area contributed by atoms with Gasteiger partial charge >= 0.3 is 5.97 Å². The second-order valence-electron chi connectivity index (χ2n) is 3.92. The van der Waals surface area contributed by atoms with Crippen molar-refractivity contribution in [2.75, 3.05) is 26.2 Å². The molecule has 1 saturated heterocycles. The number of phenolic OH excluding ortho intramolecular Hbond substituents is 3. The van der Waals surface area contributed by atoms with E-state index in [1.807, 2.05) is 0 Å². The first-order valence-corrected chi connectivity index (χ1v) is 5.51. The molecule has 0 radical (unpaired) electrons. The second kappa shape index (κ2) is 5.11. The Labute approximate surface area is 103 Å². The zero-order valence-electron chi connectivity index (χ0n) is 9.59. The van der Waals surface area contributed by atoms with Crippen LogP contribution in [-0.4, -0.2) is 52.5 Å². The van der Waals surface area contributed by atoms with Gasteiger partial charge < -0.3 is 25.5 Å². The highest BCUT2D eigenvalue weighted by atomic mass is 16.7. The van der Waals surface area contributed by atoms with Crippen LogP contribution in [-0.2, 0) is 4.84 Å². The van der Waals surface area contributed by atoms with Gasteiger partial charge in [0.25, 0.3) is 0 Å². The van der Waals surface area contributed by atoms with E-state index in [9.17, 15) is 15.0 Å². The molecule has 0 bridgehead atoms. The molecule has 98 valence electrons. The van der Waals surface area contributed by atoms with Gasteiger partial charge in [0.05, 0.1) is 5.56 Å². The van der Waals surface area contributed by atoms with Crippen LogP contribution in [0.5, 0.6) is 17.2 Å². The average molecular weight is 254 g/mol. The number of hydroxylamine groups is 2. The molecule has 0 amide bonds. The van der Waals surface area contributed by atoms with Crippen LogP contribution in [0.4, 0.5) is 0 Å². The fraction of sp³-hybridized carbons (Fsp3) is 0.364. The molecule has 18 heavy (non-hydrogen) atoms. The molecule has 7 nitrogen and oxygen atoms in total. The second-order valence-corrected chi connectivity index (χ2v) is 3.92. The Balaban J connectivity index is 2.08. The monoisotopic (exact) mass is 254 g/mol. The summed E-state index contributed by atoms with van der Waals surface area (Å²) >= 11 is 0. The van der Waals surface area contributed by atoms with Gasteiger partial charge in [0, 0.05) is 26.2 Å². The number of carbonyl (C=O) groups excluding carboxylic acids is 1. The topological polar surface area (TPSA) is 102 Å². The third-order valence-electron chi connectivity index (χ3n) is 2.59. The molecular formula is C11H14N2O5. The molecule has 0 saturated carbocycles. The summed E-state index contributed by atoms with van der Waals surface area (Å²) < 4.78 is 0. The van der Waals surface area contributed by atoms with Crippen LogP contribution >= 0.6 is 0 Å². The van der Waals surface area contributed by atoms with E-state index >= 15 is 0 Å². The van der Waals surface area contributed by atoms with Gasteiger partial charge in [-0.25, -0.2) is 4.79 Å². The molecule has 1 aromatic rings. The van der Waals surface area contributed by atoms with E-state index in [1.54, 1.807) is 0 Å². The lowest BCUT2D eigenvalue weighted by molar-refractivity contribution is -0.115. The maximum absolute atomic E-state index is 11.7. The van der Waals surface area contributed by atoms with E-state index in [4.69, 9.17) is 9.94 Å². The minimum atomic E-state index is -0.692. The number of carbonyl (C=O) groups is 1. The zero-order valence-corrected chi connectivity index (χ0v) is 9.59. The van der Waals surface area contributed by atoms with Gasteiger partial charge in [-0.05, 0) is 12.1 Å². The van der Waals surface area contributed by atoms with Crippen LogP contribution in [0.2, 0.25) is 0 Å². The maximum atomic E-state index is 11.7. The molecule has 1 aliphatic rings. The van der Waals surface area contributed by atoms with Crippen molar-refractivity contribution < 1.29 is 25.0 Å². The van der Waals surface area contributed by atoms with Crippen molar-refractivity contribution in [3.05, 3.63) is 17.7 Å². The van der Waals surface area contributed by atoms with Crippen LogP contribution in [0.3, 0.4) is 0 Å². The van der Waals surface area contributed by atoms with Gasteiger partial charge in [-0.3, -0.25) is 0 Å². The van der Waals surface area contributed by atoms with Gasteiger partial charge in [-0.1, -0.05) is 0 Å². The quantitative estimate of drug-likeness (QED) is 0.541. The first-order valence-electron chi connectivity index (χ1n) is 5.51. The number of hydrogen-bond acceptors (Lipinski definition) is 7. The highest BCUT2D eigenvalue weighted by Gasteiger charge is 2.19. The lowest BCUT2D eigenvalue weighted by Crippen LogP contribution is -2.44. The Kier molecular flexibility index (Phi) is 3.54. The number of nitrogens with one attached hydrogen (secondary N) is 1. The van der Waals surface area contributed by atoms with Crippen LogP contribution in [0.1, 0.15) is 10.4 Å². The number of phenols is 3. The van der Waals surface area contributed by atoms with Crippen molar-refractivity contribution in [3.63, 3.8) is 0 Å². The van der Waals surface area contributed by atoms with Crippen LogP contribution in [0.25, 0.3) is 0 Å². The van der Waals surface area contributed by atoms with Crippen molar-refractivity contribution >= 4 is 5.97 Å². The molecule has 1 aliphatic heterocycles. The Morgan fingerprint density at radius 1 is 1.17 bits per heavy atom. The molecule has 0 unspecified atom stereocenters. The smallest absolute Gasteiger partial charge is 0.357 e. The number of benzene rings is 1. The fourth-order valence-electron chi connectivity index (χ4n) is 1.63. The van der Waals surface area contributed by atoms with E-state index in [-0.39, 0.29) is 5.56 Å². The van der Waals surface area contributed by atoms with Crippen LogP contribution in [0.15, 0.2) is 12.1 Å². The first-order chi connectivity index (χ1) is 8.58. The van der Waals surface area contributed by atoms with Gasteiger partial charge in [0.1, 0.15) is 0 Å². The van der Waals surface area contributed by atoms with Crippen molar-refractivity contribution in [2.45, 2.75) is 0 Å². The minimum Gasteiger partial charge on any atom is -0.504 e. The highest BCUT2D eigenvalue weighted by Crippen LogP contribution is 2.35. The molecule has 2 rings (SSSR count). The standard InChI is InChI=1S/C11H14N2O5/c14-8-5-7(6-9(15)10(8)16)11(17)18-13-3-1-12-2-4-13/h5-6,12,14-16H,1-4H2. The Morgan fingerprint density at radius 2 is 1.72 bits per heavy atom. The Bertz CT molecular complexity index is 434. The summed E-state index contributed by atoms with van der Waals surface area (Å²) in [4.78, 5) is 16.8.